The van der Waals surface area contributed by atoms with E-state index in [0.29, 0.717) is 6.04 Å². The third-order valence-corrected chi connectivity index (χ3v) is 3.00. The Labute approximate surface area is 90.7 Å². The molecule has 1 N–H and O–H groups in total. The lowest BCUT2D eigenvalue weighted by atomic mass is 10.1. The molecule has 0 aliphatic carbocycles. The van der Waals surface area contributed by atoms with E-state index in [1.165, 1.54) is 12.8 Å². The summed E-state index contributed by atoms with van der Waals surface area (Å²) in [5, 5.41) is 3.33. The van der Waals surface area contributed by atoms with Crippen LogP contribution >= 0.6 is 0 Å². The van der Waals surface area contributed by atoms with Gasteiger partial charge in [-0.25, -0.2) is 0 Å². The van der Waals surface area contributed by atoms with Gasteiger partial charge >= 0.3 is 0 Å². The van der Waals surface area contributed by atoms with Gasteiger partial charge < -0.3 is 5.32 Å². The Bertz CT molecular complexity index is 280. The molecule has 4 heteroatoms. The summed E-state index contributed by atoms with van der Waals surface area (Å²) in [6.45, 7) is 3.24. The Hall–Kier alpha value is -1.00. The highest BCUT2D eigenvalue weighted by atomic mass is 15.1. The Balaban J connectivity index is 1.82. The van der Waals surface area contributed by atoms with Crippen molar-refractivity contribution in [3.8, 4) is 0 Å². The van der Waals surface area contributed by atoms with Crippen molar-refractivity contribution in [3.63, 3.8) is 0 Å². The van der Waals surface area contributed by atoms with Crippen LogP contribution in [0.3, 0.4) is 0 Å². The zero-order valence-corrected chi connectivity index (χ0v) is 9.19. The van der Waals surface area contributed by atoms with E-state index in [9.17, 15) is 0 Å². The largest absolute Gasteiger partial charge is 0.317 e. The number of aromatic nitrogens is 2. The third-order valence-electron chi connectivity index (χ3n) is 3.00. The van der Waals surface area contributed by atoms with Gasteiger partial charge in [0.05, 0.1) is 5.69 Å². The average molecular weight is 206 g/mol. The van der Waals surface area contributed by atoms with Gasteiger partial charge in [-0.1, -0.05) is 0 Å². The second-order valence-corrected chi connectivity index (χ2v) is 4.04. The van der Waals surface area contributed by atoms with Crippen molar-refractivity contribution in [3.05, 3.63) is 24.3 Å². The van der Waals surface area contributed by atoms with Gasteiger partial charge in [-0.3, -0.25) is 14.9 Å². The van der Waals surface area contributed by atoms with Crippen molar-refractivity contribution in [1.82, 2.24) is 20.2 Å². The first-order valence-electron chi connectivity index (χ1n) is 5.53. The second-order valence-electron chi connectivity index (χ2n) is 4.04. The second kappa shape index (κ2) is 5.19. The molecule has 15 heavy (non-hydrogen) atoms. The summed E-state index contributed by atoms with van der Waals surface area (Å²) in [5.74, 6) is 0. The van der Waals surface area contributed by atoms with Gasteiger partial charge in [-0.05, 0) is 19.9 Å². The summed E-state index contributed by atoms with van der Waals surface area (Å²) >= 11 is 0. The summed E-state index contributed by atoms with van der Waals surface area (Å²) in [6, 6.07) is 0.697. The summed E-state index contributed by atoms with van der Waals surface area (Å²) < 4.78 is 0. The van der Waals surface area contributed by atoms with Crippen LogP contribution in [0.1, 0.15) is 18.5 Å². The third kappa shape index (κ3) is 2.97. The van der Waals surface area contributed by atoms with Gasteiger partial charge in [0.2, 0.25) is 0 Å². The fraction of sp³-hybridized carbons (Fsp3) is 0.636. The van der Waals surface area contributed by atoms with Gasteiger partial charge in [-0.15, -0.1) is 0 Å². The normalized spacial score (nSPS) is 19.3. The minimum absolute atomic E-state index is 0.697. The Kier molecular flexibility index (Phi) is 3.64. The van der Waals surface area contributed by atoms with E-state index in [2.05, 4.69) is 20.2 Å². The maximum absolute atomic E-state index is 4.29. The van der Waals surface area contributed by atoms with Crippen LogP contribution in [0.2, 0.25) is 0 Å². The van der Waals surface area contributed by atoms with Crippen molar-refractivity contribution in [2.75, 3.05) is 20.1 Å². The molecule has 0 bridgehead atoms. The Morgan fingerprint density at radius 1 is 1.40 bits per heavy atom. The lowest BCUT2D eigenvalue weighted by molar-refractivity contribution is 0.192. The van der Waals surface area contributed by atoms with Crippen molar-refractivity contribution < 1.29 is 0 Å². The van der Waals surface area contributed by atoms with Crippen molar-refractivity contribution >= 4 is 0 Å². The van der Waals surface area contributed by atoms with Crippen molar-refractivity contribution in [1.29, 1.82) is 0 Å². The first-order chi connectivity index (χ1) is 7.38. The highest BCUT2D eigenvalue weighted by Gasteiger charge is 2.17. The number of hydrogen-bond donors (Lipinski definition) is 1. The van der Waals surface area contributed by atoms with Crippen LogP contribution in [0.25, 0.3) is 0 Å². The SMILES string of the molecule is CNC1CCN(Cc2cnccn2)CC1. The average Bonchev–Trinajstić information content (AvgIpc) is 2.31. The molecule has 0 radical (unpaired) electrons. The molecule has 1 aromatic rings. The zero-order chi connectivity index (χ0) is 10.5. The maximum atomic E-state index is 4.29. The molecule has 4 nitrogen and oxygen atoms in total. The summed E-state index contributed by atoms with van der Waals surface area (Å²) in [6.07, 6.45) is 7.80. The molecule has 1 fully saturated rings. The lowest BCUT2D eigenvalue weighted by Crippen LogP contribution is -2.40. The molecule has 1 aliphatic heterocycles. The number of nitrogens with one attached hydrogen (secondary N) is 1. The van der Waals surface area contributed by atoms with Gasteiger partial charge in [0.25, 0.3) is 0 Å². The molecule has 0 saturated carbocycles. The van der Waals surface area contributed by atoms with Crippen LogP contribution in [0.4, 0.5) is 0 Å². The van der Waals surface area contributed by atoms with Gasteiger partial charge in [-0.2, -0.15) is 0 Å². The molecular weight excluding hydrogens is 188 g/mol. The summed E-state index contributed by atoms with van der Waals surface area (Å²) in [7, 11) is 2.04. The van der Waals surface area contributed by atoms with Crippen LogP contribution in [0, 0.1) is 0 Å². The van der Waals surface area contributed by atoms with E-state index in [1.807, 2.05) is 13.2 Å². The number of hydrogen-bond acceptors (Lipinski definition) is 4. The smallest absolute Gasteiger partial charge is 0.0726 e. The Morgan fingerprint density at radius 3 is 2.80 bits per heavy atom. The molecule has 0 aromatic carbocycles. The zero-order valence-electron chi connectivity index (χ0n) is 9.19. The summed E-state index contributed by atoms with van der Waals surface area (Å²) in [4.78, 5) is 10.8. The van der Waals surface area contributed by atoms with E-state index < -0.39 is 0 Å². The maximum Gasteiger partial charge on any atom is 0.0726 e. The monoisotopic (exact) mass is 206 g/mol. The van der Waals surface area contributed by atoms with Gasteiger partial charge in [0.15, 0.2) is 0 Å². The van der Waals surface area contributed by atoms with Crippen LogP contribution in [0.15, 0.2) is 18.6 Å². The van der Waals surface area contributed by atoms with Crippen LogP contribution in [0.5, 0.6) is 0 Å². The number of likely N-dealkylation sites (tertiary alicyclic amines) is 1. The molecule has 1 aromatic heterocycles. The number of rotatable bonds is 3. The highest BCUT2D eigenvalue weighted by Crippen LogP contribution is 2.11. The van der Waals surface area contributed by atoms with Crippen molar-refractivity contribution in [2.45, 2.75) is 25.4 Å². The number of piperidine rings is 1. The van der Waals surface area contributed by atoms with E-state index in [4.69, 9.17) is 0 Å². The molecule has 1 saturated heterocycles. The molecule has 0 atom stereocenters. The van der Waals surface area contributed by atoms with E-state index in [-0.39, 0.29) is 0 Å². The predicted molar refractivity (Wildman–Crippen MR) is 59.4 cm³/mol. The quantitative estimate of drug-likeness (QED) is 0.789. The molecule has 82 valence electrons. The molecule has 0 amide bonds. The minimum Gasteiger partial charge on any atom is -0.317 e. The molecule has 2 heterocycles. The fourth-order valence-corrected chi connectivity index (χ4v) is 2.02. The lowest BCUT2D eigenvalue weighted by Gasteiger charge is -2.31. The fourth-order valence-electron chi connectivity index (χ4n) is 2.02. The molecule has 0 unspecified atom stereocenters. The summed E-state index contributed by atoms with van der Waals surface area (Å²) in [5.41, 5.74) is 1.07. The van der Waals surface area contributed by atoms with E-state index in [1.54, 1.807) is 12.4 Å². The van der Waals surface area contributed by atoms with E-state index in [0.717, 1.165) is 25.3 Å². The first-order valence-corrected chi connectivity index (χ1v) is 5.53. The molecule has 1 aliphatic rings. The number of nitrogens with zero attached hydrogens (tertiary/aromatic N) is 3. The van der Waals surface area contributed by atoms with Gasteiger partial charge in [0.1, 0.15) is 0 Å². The molecule has 2 rings (SSSR count). The molecule has 0 spiro atoms. The highest BCUT2D eigenvalue weighted by molar-refractivity contribution is 4.95. The van der Waals surface area contributed by atoms with E-state index >= 15 is 0 Å². The predicted octanol–water partition coefficient (Wildman–Crippen LogP) is 0.660. The van der Waals surface area contributed by atoms with Crippen LogP contribution in [-0.4, -0.2) is 41.0 Å². The topological polar surface area (TPSA) is 41.0 Å². The minimum atomic E-state index is 0.697. The van der Waals surface area contributed by atoms with Crippen LogP contribution < -0.4 is 5.32 Å². The first kappa shape index (κ1) is 10.5. The van der Waals surface area contributed by atoms with Gasteiger partial charge in [0, 0.05) is 44.3 Å². The van der Waals surface area contributed by atoms with Crippen molar-refractivity contribution in [2.24, 2.45) is 0 Å². The van der Waals surface area contributed by atoms with Crippen LogP contribution in [-0.2, 0) is 6.54 Å². The molecular formula is C11H18N4. The Morgan fingerprint density at radius 2 is 2.20 bits per heavy atom. The standard InChI is InChI=1S/C11H18N4/c1-12-10-2-6-15(7-3-10)9-11-8-13-4-5-14-11/h4-5,8,10,12H,2-3,6-7,9H2,1H3.